The summed E-state index contributed by atoms with van der Waals surface area (Å²) in [5.74, 6) is -0.241. The van der Waals surface area contributed by atoms with Crippen LogP contribution in [-0.4, -0.2) is 25.2 Å². The van der Waals surface area contributed by atoms with Gasteiger partial charge in [0.25, 0.3) is 0 Å². The molecule has 2 rings (SSSR count). The average molecular weight is 272 g/mol. The van der Waals surface area contributed by atoms with Crippen LogP contribution in [-0.2, 0) is 4.74 Å². The molecule has 0 N–H and O–H groups in total. The number of alkyl halides is 3. The second-order valence-corrected chi connectivity index (χ2v) is 3.99. The van der Waals surface area contributed by atoms with Crippen molar-refractivity contribution in [3.63, 3.8) is 0 Å². The fraction of sp³-hybridized carbons (Fsp3) is 0.308. The van der Waals surface area contributed by atoms with E-state index in [2.05, 4.69) is 4.74 Å². The largest absolute Gasteiger partial charge is 0.453 e. The Morgan fingerprint density at radius 3 is 2.68 bits per heavy atom. The Kier molecular flexibility index (Phi) is 3.90. The molecule has 0 atom stereocenters. The summed E-state index contributed by atoms with van der Waals surface area (Å²) in [6, 6.07) is 8.65. The van der Waals surface area contributed by atoms with Gasteiger partial charge < -0.3 is 9.15 Å². The number of hydrogen-bond acceptors (Lipinski definition) is 3. The van der Waals surface area contributed by atoms with Crippen molar-refractivity contribution in [1.82, 2.24) is 0 Å². The summed E-state index contributed by atoms with van der Waals surface area (Å²) in [6.07, 6.45) is -4.52. The molecule has 1 heterocycles. The maximum atomic E-state index is 11.8. The fourth-order valence-electron chi connectivity index (χ4n) is 1.60. The highest BCUT2D eigenvalue weighted by molar-refractivity contribution is 5.97. The van der Waals surface area contributed by atoms with Crippen LogP contribution in [0.25, 0.3) is 11.0 Å². The summed E-state index contributed by atoms with van der Waals surface area (Å²) in [5.41, 5.74) is 0.571. The van der Waals surface area contributed by atoms with Crippen molar-refractivity contribution in [2.45, 2.75) is 12.6 Å². The van der Waals surface area contributed by atoms with Gasteiger partial charge in [-0.15, -0.1) is 0 Å². The van der Waals surface area contributed by atoms with E-state index in [1.165, 1.54) is 0 Å². The molecule has 1 aromatic heterocycles. The lowest BCUT2D eigenvalue weighted by Crippen LogP contribution is -2.18. The highest BCUT2D eigenvalue weighted by Crippen LogP contribution is 2.20. The molecule has 0 spiro atoms. The molecule has 0 aliphatic rings. The Labute approximate surface area is 107 Å². The topological polar surface area (TPSA) is 39.4 Å². The summed E-state index contributed by atoms with van der Waals surface area (Å²) in [4.78, 5) is 11.7. The first-order valence-corrected chi connectivity index (χ1v) is 5.62. The van der Waals surface area contributed by atoms with Crippen molar-refractivity contribution in [3.05, 3.63) is 36.1 Å². The zero-order valence-electron chi connectivity index (χ0n) is 9.87. The summed E-state index contributed by atoms with van der Waals surface area (Å²) in [6.45, 7) is -1.63. The van der Waals surface area contributed by atoms with E-state index >= 15 is 0 Å². The van der Waals surface area contributed by atoms with E-state index in [1.807, 2.05) is 0 Å². The molecule has 0 radical (unpaired) electrons. The fourth-order valence-corrected chi connectivity index (χ4v) is 1.60. The molecule has 6 heteroatoms. The van der Waals surface area contributed by atoms with E-state index in [1.54, 1.807) is 30.3 Å². The van der Waals surface area contributed by atoms with Crippen LogP contribution in [0.15, 0.2) is 34.7 Å². The number of ketones is 1. The highest BCUT2D eigenvalue weighted by Gasteiger charge is 2.27. The second kappa shape index (κ2) is 5.44. The molecule has 0 saturated carbocycles. The first kappa shape index (κ1) is 13.6. The number of carbonyl (C=O) groups excluding carboxylic acids is 1. The van der Waals surface area contributed by atoms with Gasteiger partial charge in [-0.25, -0.2) is 0 Å². The predicted octanol–water partition coefficient (Wildman–Crippen LogP) is 3.58. The molecule has 3 nitrogen and oxygen atoms in total. The lowest BCUT2D eigenvalue weighted by molar-refractivity contribution is -0.173. The van der Waals surface area contributed by atoms with E-state index in [0.717, 1.165) is 5.39 Å². The van der Waals surface area contributed by atoms with Crippen LogP contribution in [0.2, 0.25) is 0 Å². The maximum Gasteiger partial charge on any atom is 0.411 e. The van der Waals surface area contributed by atoms with Gasteiger partial charge in [-0.1, -0.05) is 18.2 Å². The lowest BCUT2D eigenvalue weighted by Gasteiger charge is -2.06. The first-order chi connectivity index (χ1) is 8.96. The highest BCUT2D eigenvalue weighted by atomic mass is 19.4. The van der Waals surface area contributed by atoms with E-state index < -0.39 is 12.8 Å². The number of ether oxygens (including phenoxy) is 1. The molecular formula is C13H11F3O3. The van der Waals surface area contributed by atoms with Gasteiger partial charge in [-0.05, 0) is 12.1 Å². The number of hydrogen-bond donors (Lipinski definition) is 0. The van der Waals surface area contributed by atoms with Crippen molar-refractivity contribution in [3.8, 4) is 0 Å². The molecule has 0 unspecified atom stereocenters. The summed E-state index contributed by atoms with van der Waals surface area (Å²) < 4.78 is 45.1. The van der Waals surface area contributed by atoms with E-state index in [0.29, 0.717) is 5.58 Å². The minimum absolute atomic E-state index is 0.136. The molecule has 0 aliphatic carbocycles. The van der Waals surface area contributed by atoms with E-state index in [9.17, 15) is 18.0 Å². The zero-order chi connectivity index (χ0) is 13.9. The van der Waals surface area contributed by atoms with Crippen LogP contribution in [0, 0.1) is 0 Å². The Bertz CT molecular complexity index is 539. The summed E-state index contributed by atoms with van der Waals surface area (Å²) >= 11 is 0. The predicted molar refractivity (Wildman–Crippen MR) is 62.0 cm³/mol. The number of halogens is 3. The first-order valence-electron chi connectivity index (χ1n) is 5.62. The number of benzene rings is 1. The number of Topliss-reactive ketones (excluding diaryl/α,β-unsaturated/α-hetero) is 1. The summed E-state index contributed by atoms with van der Waals surface area (Å²) in [5, 5.41) is 0.780. The van der Waals surface area contributed by atoms with Gasteiger partial charge in [0, 0.05) is 11.8 Å². The number of carbonyl (C=O) groups is 1. The van der Waals surface area contributed by atoms with Crippen LogP contribution in [0.3, 0.4) is 0 Å². The Balaban J connectivity index is 1.89. The minimum Gasteiger partial charge on any atom is -0.453 e. The van der Waals surface area contributed by atoms with Crippen molar-refractivity contribution in [2.24, 2.45) is 0 Å². The van der Waals surface area contributed by atoms with Crippen LogP contribution >= 0.6 is 0 Å². The molecule has 0 saturated heterocycles. The molecule has 1 aromatic carbocycles. The third kappa shape index (κ3) is 3.82. The quantitative estimate of drug-likeness (QED) is 0.617. The Morgan fingerprint density at radius 2 is 2.00 bits per heavy atom. The number of fused-ring (bicyclic) bond motifs is 1. The summed E-state index contributed by atoms with van der Waals surface area (Å²) in [7, 11) is 0. The molecule has 2 aromatic rings. The van der Waals surface area contributed by atoms with Gasteiger partial charge in [0.1, 0.15) is 12.2 Å². The van der Waals surface area contributed by atoms with Crippen molar-refractivity contribution in [2.75, 3.05) is 13.2 Å². The third-order valence-electron chi connectivity index (χ3n) is 2.44. The monoisotopic (exact) mass is 272 g/mol. The number of furan rings is 1. The number of rotatable bonds is 5. The molecule has 0 aliphatic heterocycles. The van der Waals surface area contributed by atoms with Gasteiger partial charge in [-0.2, -0.15) is 13.2 Å². The standard InChI is InChI=1S/C13H11F3O3/c14-13(15,16)8-18-6-5-10(17)12-7-9-3-1-2-4-11(9)19-12/h1-4,7H,5-6,8H2. The van der Waals surface area contributed by atoms with Crippen molar-refractivity contribution in [1.29, 1.82) is 0 Å². The molecular weight excluding hydrogens is 261 g/mol. The van der Waals surface area contributed by atoms with Gasteiger partial charge in [0.15, 0.2) is 11.5 Å². The van der Waals surface area contributed by atoms with Gasteiger partial charge in [0.05, 0.1) is 6.61 Å². The van der Waals surface area contributed by atoms with Crippen LogP contribution in [0.4, 0.5) is 13.2 Å². The lowest BCUT2D eigenvalue weighted by atomic mass is 10.2. The normalized spacial score (nSPS) is 11.9. The zero-order valence-corrected chi connectivity index (χ0v) is 9.87. The van der Waals surface area contributed by atoms with Gasteiger partial charge in [-0.3, -0.25) is 4.79 Å². The van der Waals surface area contributed by atoms with Crippen molar-refractivity contribution >= 4 is 16.8 Å². The van der Waals surface area contributed by atoms with Crippen LogP contribution in [0.5, 0.6) is 0 Å². The molecule has 19 heavy (non-hydrogen) atoms. The SMILES string of the molecule is O=C(CCOCC(F)(F)F)c1cc2ccccc2o1. The van der Waals surface area contributed by atoms with Crippen LogP contribution in [0.1, 0.15) is 17.0 Å². The van der Waals surface area contributed by atoms with Crippen molar-refractivity contribution < 1.29 is 27.1 Å². The Hall–Kier alpha value is -1.82. The Morgan fingerprint density at radius 1 is 1.26 bits per heavy atom. The minimum atomic E-state index is -4.37. The molecule has 0 amide bonds. The van der Waals surface area contributed by atoms with Crippen LogP contribution < -0.4 is 0 Å². The molecule has 102 valence electrons. The second-order valence-electron chi connectivity index (χ2n) is 3.99. The van der Waals surface area contributed by atoms with Gasteiger partial charge >= 0.3 is 6.18 Å². The average Bonchev–Trinajstić information content (AvgIpc) is 2.77. The van der Waals surface area contributed by atoms with E-state index in [4.69, 9.17) is 4.42 Å². The third-order valence-corrected chi connectivity index (χ3v) is 2.44. The smallest absolute Gasteiger partial charge is 0.411 e. The molecule has 0 bridgehead atoms. The molecule has 0 fully saturated rings. The van der Waals surface area contributed by atoms with E-state index in [-0.39, 0.29) is 24.6 Å². The number of para-hydroxylation sites is 1. The van der Waals surface area contributed by atoms with Gasteiger partial charge in [0.2, 0.25) is 0 Å². The maximum absolute atomic E-state index is 11.8.